The van der Waals surface area contributed by atoms with Crippen molar-refractivity contribution in [3.05, 3.63) is 70.5 Å². The molecule has 0 radical (unpaired) electrons. The summed E-state index contributed by atoms with van der Waals surface area (Å²) < 4.78 is 0. The lowest BCUT2D eigenvalue weighted by Crippen LogP contribution is -2.21. The van der Waals surface area contributed by atoms with Crippen LogP contribution in [0.4, 0.5) is 0 Å². The molecule has 0 aliphatic heterocycles. The molecular weight excluding hydrogens is 334 g/mol. The summed E-state index contributed by atoms with van der Waals surface area (Å²) >= 11 is 0. The highest BCUT2D eigenvalue weighted by Crippen LogP contribution is 2.45. The van der Waals surface area contributed by atoms with Crippen LogP contribution in [0.5, 0.6) is 17.2 Å². The molecule has 1 aliphatic carbocycles. The maximum atomic E-state index is 12.9. The highest BCUT2D eigenvalue weighted by molar-refractivity contribution is 6.31. The van der Waals surface area contributed by atoms with Crippen LogP contribution in [0.3, 0.4) is 0 Å². The first-order valence-corrected chi connectivity index (χ1v) is 7.82. The Labute approximate surface area is 148 Å². The van der Waals surface area contributed by atoms with Crippen molar-refractivity contribution in [3.63, 3.8) is 0 Å². The standard InChI is InChI=1S/C20H13NO5/c1-9-5-11-16(13(22)6-9)20(26)17-12(18(11)24)7-14(23)15(19(17)25)10-3-2-4-21-8-10/h2-8,22-23,25H,1H3. The number of ketones is 2. The van der Waals surface area contributed by atoms with Crippen LogP contribution in [0.15, 0.2) is 42.7 Å². The number of hydrogen-bond donors (Lipinski definition) is 3. The van der Waals surface area contributed by atoms with Gasteiger partial charge in [0.1, 0.15) is 17.2 Å². The molecule has 1 heterocycles. The van der Waals surface area contributed by atoms with Gasteiger partial charge in [-0.15, -0.1) is 0 Å². The minimum atomic E-state index is -0.672. The SMILES string of the molecule is Cc1cc(O)c2c(c1)C(=O)c1cc(O)c(-c3cccnc3)c(O)c1C2=O. The Kier molecular flexibility index (Phi) is 3.30. The van der Waals surface area contributed by atoms with Crippen LogP contribution in [-0.2, 0) is 0 Å². The zero-order valence-corrected chi connectivity index (χ0v) is 13.6. The minimum absolute atomic E-state index is 0.00746. The number of phenols is 3. The van der Waals surface area contributed by atoms with Crippen molar-refractivity contribution < 1.29 is 24.9 Å². The van der Waals surface area contributed by atoms with Crippen LogP contribution in [-0.4, -0.2) is 31.9 Å². The normalized spacial score (nSPS) is 12.7. The molecule has 1 aliphatic rings. The van der Waals surface area contributed by atoms with Gasteiger partial charge < -0.3 is 15.3 Å². The average molecular weight is 347 g/mol. The maximum Gasteiger partial charge on any atom is 0.201 e. The van der Waals surface area contributed by atoms with Crippen molar-refractivity contribution in [1.82, 2.24) is 4.98 Å². The van der Waals surface area contributed by atoms with Gasteiger partial charge in [-0.3, -0.25) is 14.6 Å². The summed E-state index contributed by atoms with van der Waals surface area (Å²) in [6, 6.07) is 7.28. The molecule has 0 bridgehead atoms. The first kappa shape index (κ1) is 15.8. The minimum Gasteiger partial charge on any atom is -0.507 e. The van der Waals surface area contributed by atoms with Gasteiger partial charge in [0.2, 0.25) is 5.78 Å². The quantitative estimate of drug-likeness (QED) is 0.489. The predicted molar refractivity (Wildman–Crippen MR) is 92.7 cm³/mol. The molecule has 2 aromatic carbocycles. The van der Waals surface area contributed by atoms with Crippen LogP contribution in [0.25, 0.3) is 11.1 Å². The van der Waals surface area contributed by atoms with Gasteiger partial charge in [0.25, 0.3) is 0 Å². The van der Waals surface area contributed by atoms with Crippen molar-refractivity contribution >= 4 is 11.6 Å². The molecule has 0 spiro atoms. The third kappa shape index (κ3) is 2.09. The topological polar surface area (TPSA) is 108 Å². The van der Waals surface area contributed by atoms with E-state index in [2.05, 4.69) is 4.98 Å². The Balaban J connectivity index is 2.04. The highest BCUT2D eigenvalue weighted by atomic mass is 16.3. The molecule has 0 saturated heterocycles. The van der Waals surface area contributed by atoms with Crippen molar-refractivity contribution in [1.29, 1.82) is 0 Å². The van der Waals surface area contributed by atoms with Gasteiger partial charge in [-0.25, -0.2) is 0 Å². The van der Waals surface area contributed by atoms with Crippen LogP contribution >= 0.6 is 0 Å². The second-order valence-electron chi connectivity index (χ2n) is 6.15. The number of benzene rings is 2. The molecule has 0 atom stereocenters. The van der Waals surface area contributed by atoms with E-state index in [9.17, 15) is 24.9 Å². The molecule has 3 N–H and O–H groups in total. The van der Waals surface area contributed by atoms with E-state index in [1.54, 1.807) is 19.1 Å². The number of carbonyl (C=O) groups excluding carboxylic acids is 2. The molecule has 1 aromatic heterocycles. The molecule has 6 nitrogen and oxygen atoms in total. The number of hydrogen-bond acceptors (Lipinski definition) is 6. The third-order valence-corrected chi connectivity index (χ3v) is 4.44. The molecule has 6 heteroatoms. The Morgan fingerprint density at radius 1 is 0.846 bits per heavy atom. The smallest absolute Gasteiger partial charge is 0.201 e. The molecule has 4 rings (SSSR count). The predicted octanol–water partition coefficient (Wildman–Crippen LogP) is 2.95. The van der Waals surface area contributed by atoms with Gasteiger partial charge in [-0.05, 0) is 36.8 Å². The summed E-state index contributed by atoms with van der Waals surface area (Å²) in [7, 11) is 0. The van der Waals surface area contributed by atoms with Crippen LogP contribution < -0.4 is 0 Å². The Morgan fingerprint density at radius 3 is 2.23 bits per heavy atom. The van der Waals surface area contributed by atoms with Crippen LogP contribution in [0.2, 0.25) is 0 Å². The second kappa shape index (κ2) is 5.42. The molecule has 26 heavy (non-hydrogen) atoms. The molecule has 0 fully saturated rings. The first-order chi connectivity index (χ1) is 12.4. The van der Waals surface area contributed by atoms with E-state index in [1.165, 1.54) is 30.6 Å². The van der Waals surface area contributed by atoms with E-state index in [-0.39, 0.29) is 39.3 Å². The molecule has 0 saturated carbocycles. The van der Waals surface area contributed by atoms with E-state index in [0.717, 1.165) is 0 Å². The lowest BCUT2D eigenvalue weighted by atomic mass is 9.80. The summed E-state index contributed by atoms with van der Waals surface area (Å²) in [6.45, 7) is 1.69. The fourth-order valence-corrected chi connectivity index (χ4v) is 3.31. The number of fused-ring (bicyclic) bond motifs is 2. The number of carbonyl (C=O) groups is 2. The number of aromatic nitrogens is 1. The molecular formula is C20H13NO5. The first-order valence-electron chi connectivity index (χ1n) is 7.82. The number of phenolic OH excluding ortho intramolecular Hbond substituents is 3. The number of aryl methyl sites for hydroxylation is 1. The van der Waals surface area contributed by atoms with Gasteiger partial charge in [-0.1, -0.05) is 6.07 Å². The molecule has 3 aromatic rings. The lowest BCUT2D eigenvalue weighted by molar-refractivity contribution is 0.0974. The monoisotopic (exact) mass is 347 g/mol. The van der Waals surface area contributed by atoms with Crippen molar-refractivity contribution in [2.75, 3.05) is 0 Å². The van der Waals surface area contributed by atoms with Gasteiger partial charge in [0, 0.05) is 29.1 Å². The summed E-state index contributed by atoms with van der Waals surface area (Å²) in [4.78, 5) is 29.7. The highest BCUT2D eigenvalue weighted by Gasteiger charge is 2.36. The molecule has 128 valence electrons. The fraction of sp³-hybridized carbons (Fsp3) is 0.0500. The van der Waals surface area contributed by atoms with E-state index in [0.29, 0.717) is 11.1 Å². The number of pyridine rings is 1. The number of rotatable bonds is 1. The van der Waals surface area contributed by atoms with Gasteiger partial charge in [0.15, 0.2) is 5.78 Å². The molecule has 0 amide bonds. The molecule has 0 unspecified atom stereocenters. The van der Waals surface area contributed by atoms with Gasteiger partial charge >= 0.3 is 0 Å². The van der Waals surface area contributed by atoms with Gasteiger partial charge in [0.05, 0.1) is 16.7 Å². The van der Waals surface area contributed by atoms with E-state index in [1.807, 2.05) is 0 Å². The van der Waals surface area contributed by atoms with E-state index < -0.39 is 17.3 Å². The van der Waals surface area contributed by atoms with Crippen molar-refractivity contribution in [2.45, 2.75) is 6.92 Å². The van der Waals surface area contributed by atoms with E-state index >= 15 is 0 Å². The van der Waals surface area contributed by atoms with Crippen LogP contribution in [0, 0.1) is 6.92 Å². The summed E-state index contributed by atoms with van der Waals surface area (Å²) in [5.74, 6) is -2.39. The summed E-state index contributed by atoms with van der Waals surface area (Å²) in [5, 5.41) is 31.2. The summed E-state index contributed by atoms with van der Waals surface area (Å²) in [6.07, 6.45) is 2.95. The Hall–Kier alpha value is -3.67. The van der Waals surface area contributed by atoms with E-state index in [4.69, 9.17) is 0 Å². The largest absolute Gasteiger partial charge is 0.507 e. The number of aromatic hydroxyl groups is 3. The number of nitrogens with zero attached hydrogens (tertiary/aromatic N) is 1. The van der Waals surface area contributed by atoms with Crippen LogP contribution in [0.1, 0.15) is 37.4 Å². The Morgan fingerprint density at radius 2 is 1.54 bits per heavy atom. The third-order valence-electron chi connectivity index (χ3n) is 4.44. The second-order valence-corrected chi connectivity index (χ2v) is 6.15. The summed E-state index contributed by atoms with van der Waals surface area (Å²) in [5.41, 5.74) is 0.580. The maximum absolute atomic E-state index is 12.9. The van der Waals surface area contributed by atoms with Crippen molar-refractivity contribution in [3.8, 4) is 28.4 Å². The van der Waals surface area contributed by atoms with Gasteiger partial charge in [-0.2, -0.15) is 0 Å². The lowest BCUT2D eigenvalue weighted by Gasteiger charge is -2.22. The average Bonchev–Trinajstić information content (AvgIpc) is 2.59. The Bertz CT molecular complexity index is 1100. The zero-order valence-electron chi connectivity index (χ0n) is 13.6. The van der Waals surface area contributed by atoms with Crippen molar-refractivity contribution in [2.24, 2.45) is 0 Å². The fourth-order valence-electron chi connectivity index (χ4n) is 3.31. The zero-order chi connectivity index (χ0) is 18.6.